The summed E-state index contributed by atoms with van der Waals surface area (Å²) in [5, 5.41) is 9.62. The minimum Gasteiger partial charge on any atom is -0.506 e. The third-order valence-electron chi connectivity index (χ3n) is 6.48. The van der Waals surface area contributed by atoms with Gasteiger partial charge in [-0.3, -0.25) is 19.3 Å². The molecule has 0 saturated carbocycles. The van der Waals surface area contributed by atoms with Gasteiger partial charge in [0.05, 0.1) is 11.9 Å². The lowest BCUT2D eigenvalue weighted by Gasteiger charge is -2.36. The van der Waals surface area contributed by atoms with E-state index in [0.29, 0.717) is 42.9 Å². The van der Waals surface area contributed by atoms with Crippen LogP contribution >= 0.6 is 0 Å². The first kappa shape index (κ1) is 29.2. The van der Waals surface area contributed by atoms with Crippen LogP contribution in [0.25, 0.3) is 11.1 Å². The van der Waals surface area contributed by atoms with Crippen LogP contribution in [0.1, 0.15) is 27.6 Å². The van der Waals surface area contributed by atoms with Crippen molar-refractivity contribution in [3.8, 4) is 29.2 Å². The minimum absolute atomic E-state index is 0.0412. The number of allylic oxidation sites excluding steroid dienone is 3. The lowest BCUT2D eigenvalue weighted by molar-refractivity contribution is 0.0746. The highest BCUT2D eigenvalue weighted by atomic mass is 32.2. The molecule has 2 heterocycles. The van der Waals surface area contributed by atoms with Crippen molar-refractivity contribution < 1.29 is 23.3 Å². The Morgan fingerprint density at radius 1 is 1.10 bits per heavy atom. The Kier molecular flexibility index (Phi) is 9.66. The number of amides is 2. The first-order valence-electron chi connectivity index (χ1n) is 12.8. The number of benzene rings is 2. The highest BCUT2D eigenvalue weighted by Gasteiger charge is 2.23. The molecule has 4 rings (SSSR count). The van der Waals surface area contributed by atoms with Gasteiger partial charge in [0.2, 0.25) is 0 Å². The van der Waals surface area contributed by atoms with Crippen molar-refractivity contribution in [1.29, 1.82) is 0 Å². The quantitative estimate of drug-likeness (QED) is 0.312. The Bertz CT molecular complexity index is 1560. The summed E-state index contributed by atoms with van der Waals surface area (Å²) in [5.41, 5.74) is 2.67. The van der Waals surface area contributed by atoms with E-state index in [0.717, 1.165) is 5.69 Å². The molecular weight excluding hydrogens is 543 g/mol. The molecule has 0 radical (unpaired) electrons. The number of nitrogens with one attached hydrogen (secondary N) is 1. The molecule has 1 atom stereocenters. The number of halogens is 1. The van der Waals surface area contributed by atoms with E-state index < -0.39 is 22.7 Å². The van der Waals surface area contributed by atoms with Crippen LogP contribution < -0.4 is 9.62 Å². The van der Waals surface area contributed by atoms with Crippen LogP contribution in [0.15, 0.2) is 84.7 Å². The second-order valence-electron chi connectivity index (χ2n) is 9.24. The standard InChI is InChI=1S/C31H29FN4O4S/c1-3-5-6-22(4-2)21-41(40)34-30(38)23-7-10-26(11-8-23)35-13-15-36(16-14-35)31(39)24-9-12-28(29(32)18-24)25-17-27(37)20-33-19-25/h2-3,5-12,17-20,37H,13-16,21H2,1H3,(H,34,38)/b5-3-,22-6+. The number of aromatic nitrogens is 1. The molecule has 8 nitrogen and oxygen atoms in total. The molecule has 1 unspecified atom stereocenters. The molecule has 2 aromatic carbocycles. The molecule has 3 aromatic rings. The maximum atomic E-state index is 14.8. The zero-order valence-electron chi connectivity index (χ0n) is 22.4. The van der Waals surface area contributed by atoms with Gasteiger partial charge in [0, 0.05) is 65.9 Å². The monoisotopic (exact) mass is 572 g/mol. The maximum absolute atomic E-state index is 14.8. The summed E-state index contributed by atoms with van der Waals surface area (Å²) in [7, 11) is -1.66. The first-order chi connectivity index (χ1) is 19.8. The maximum Gasteiger partial charge on any atom is 0.262 e. The molecule has 0 aliphatic carbocycles. The van der Waals surface area contributed by atoms with Crippen LogP contribution in [0.2, 0.25) is 0 Å². The second kappa shape index (κ2) is 13.5. The van der Waals surface area contributed by atoms with Gasteiger partial charge in [-0.2, -0.15) is 0 Å². The van der Waals surface area contributed by atoms with Crippen molar-refractivity contribution in [2.45, 2.75) is 6.92 Å². The molecule has 10 heteroatoms. The first-order valence-corrected chi connectivity index (χ1v) is 14.2. The molecule has 41 heavy (non-hydrogen) atoms. The van der Waals surface area contributed by atoms with E-state index in [2.05, 4.69) is 20.5 Å². The Labute approximate surface area is 240 Å². The summed E-state index contributed by atoms with van der Waals surface area (Å²) in [4.78, 5) is 33.2. The number of pyridine rings is 1. The third-order valence-corrected chi connectivity index (χ3v) is 7.47. The average Bonchev–Trinajstić information content (AvgIpc) is 2.99. The molecule has 1 aromatic heterocycles. The van der Waals surface area contributed by atoms with Crippen LogP contribution in [0.4, 0.5) is 10.1 Å². The van der Waals surface area contributed by atoms with E-state index in [9.17, 15) is 23.3 Å². The topological polar surface area (TPSA) is 103 Å². The van der Waals surface area contributed by atoms with Gasteiger partial charge in [-0.25, -0.2) is 8.60 Å². The van der Waals surface area contributed by atoms with E-state index in [4.69, 9.17) is 6.42 Å². The van der Waals surface area contributed by atoms with Crippen molar-refractivity contribution in [3.05, 3.63) is 102 Å². The van der Waals surface area contributed by atoms with E-state index in [1.165, 1.54) is 30.6 Å². The molecule has 0 spiro atoms. The van der Waals surface area contributed by atoms with Gasteiger partial charge in [0.25, 0.3) is 11.8 Å². The molecule has 1 saturated heterocycles. The van der Waals surface area contributed by atoms with Gasteiger partial charge < -0.3 is 14.9 Å². The highest BCUT2D eigenvalue weighted by Crippen LogP contribution is 2.26. The Hall–Kier alpha value is -4.75. The van der Waals surface area contributed by atoms with Crippen LogP contribution in [0.5, 0.6) is 5.75 Å². The van der Waals surface area contributed by atoms with Gasteiger partial charge in [-0.05, 0) is 55.5 Å². The Morgan fingerprint density at radius 3 is 2.44 bits per heavy atom. The summed E-state index contributed by atoms with van der Waals surface area (Å²) in [6, 6.07) is 12.6. The average molecular weight is 573 g/mol. The largest absolute Gasteiger partial charge is 0.506 e. The molecule has 2 N–H and O–H groups in total. The summed E-state index contributed by atoms with van der Waals surface area (Å²) in [6.07, 6.45) is 13.4. The number of carbonyl (C=O) groups excluding carboxylic acids is 2. The van der Waals surface area contributed by atoms with E-state index in [1.54, 1.807) is 53.5 Å². The van der Waals surface area contributed by atoms with Gasteiger partial charge in [-0.1, -0.05) is 24.1 Å². The predicted octanol–water partition coefficient (Wildman–Crippen LogP) is 4.08. The normalized spacial score (nSPS) is 14.5. The summed E-state index contributed by atoms with van der Waals surface area (Å²) < 4.78 is 29.6. The Morgan fingerprint density at radius 2 is 1.80 bits per heavy atom. The van der Waals surface area contributed by atoms with E-state index in [1.807, 2.05) is 6.92 Å². The van der Waals surface area contributed by atoms with Gasteiger partial charge in [-0.15, -0.1) is 6.42 Å². The van der Waals surface area contributed by atoms with Crippen LogP contribution in [-0.2, 0) is 11.0 Å². The van der Waals surface area contributed by atoms with Gasteiger partial charge >= 0.3 is 0 Å². The SMILES string of the molecule is C#C/C(=C\C=C/C)CS(=O)NC(=O)c1ccc(N2CCN(C(=O)c3ccc(-c4cncc(O)c4)c(F)c3)CC2)cc1. The van der Waals surface area contributed by atoms with Crippen LogP contribution in [0, 0.1) is 18.2 Å². The summed E-state index contributed by atoms with van der Waals surface area (Å²) >= 11 is 0. The van der Waals surface area contributed by atoms with Gasteiger partial charge in [0.1, 0.15) is 22.6 Å². The number of carbonyl (C=O) groups is 2. The summed E-state index contributed by atoms with van der Waals surface area (Å²) in [6.45, 7) is 3.85. The number of hydrogen-bond donors (Lipinski definition) is 2. The van der Waals surface area contributed by atoms with Crippen LogP contribution in [-0.4, -0.2) is 62.9 Å². The zero-order chi connectivity index (χ0) is 29.4. The fraction of sp³-hybridized carbons (Fsp3) is 0.194. The van der Waals surface area contributed by atoms with Crippen molar-refractivity contribution in [1.82, 2.24) is 14.6 Å². The molecule has 2 amide bonds. The van der Waals surface area contributed by atoms with Crippen LogP contribution in [0.3, 0.4) is 0 Å². The number of anilines is 1. The fourth-order valence-electron chi connectivity index (χ4n) is 4.32. The number of piperazine rings is 1. The summed E-state index contributed by atoms with van der Waals surface area (Å²) in [5.74, 6) is 1.13. The minimum atomic E-state index is -1.66. The lowest BCUT2D eigenvalue weighted by Crippen LogP contribution is -2.48. The second-order valence-corrected chi connectivity index (χ2v) is 10.4. The Balaban J connectivity index is 1.32. The molecule has 1 aliphatic heterocycles. The van der Waals surface area contributed by atoms with Crippen molar-refractivity contribution in [2.75, 3.05) is 36.8 Å². The fourth-order valence-corrected chi connectivity index (χ4v) is 5.18. The number of rotatable bonds is 8. The smallest absolute Gasteiger partial charge is 0.262 e. The van der Waals surface area contributed by atoms with E-state index in [-0.39, 0.29) is 28.5 Å². The van der Waals surface area contributed by atoms with Crippen molar-refractivity contribution in [2.24, 2.45) is 0 Å². The molecule has 210 valence electrons. The van der Waals surface area contributed by atoms with Gasteiger partial charge in [0.15, 0.2) is 0 Å². The number of terminal acetylenes is 1. The third kappa shape index (κ3) is 7.47. The number of aromatic hydroxyl groups is 1. The molecule has 1 fully saturated rings. The van der Waals surface area contributed by atoms with Crippen molar-refractivity contribution >= 4 is 28.5 Å². The molecule has 0 bridgehead atoms. The molecular formula is C31H29FN4O4S. The lowest BCUT2D eigenvalue weighted by atomic mass is 10.0. The number of hydrogen-bond acceptors (Lipinski definition) is 6. The zero-order valence-corrected chi connectivity index (χ0v) is 23.2. The van der Waals surface area contributed by atoms with Crippen molar-refractivity contribution in [3.63, 3.8) is 0 Å². The van der Waals surface area contributed by atoms with E-state index >= 15 is 0 Å². The highest BCUT2D eigenvalue weighted by molar-refractivity contribution is 7.83. The molecule has 1 aliphatic rings. The predicted molar refractivity (Wildman–Crippen MR) is 158 cm³/mol. The number of nitrogens with zero attached hydrogens (tertiary/aromatic N) is 3.